The van der Waals surface area contributed by atoms with Crippen LogP contribution in [-0.2, 0) is 32.1 Å². The van der Waals surface area contributed by atoms with Gasteiger partial charge in [-0.05, 0) is 116 Å². The SMILES string of the molecule is CCCCc1c(CCCC)c(CCCC)c(OB(Oc2ccccc2)Oc2ccccc2)c(CCCC)c1CCCC. The minimum Gasteiger partial charge on any atom is -0.490 e. The lowest BCUT2D eigenvalue weighted by atomic mass is 9.81. The lowest BCUT2D eigenvalue weighted by molar-refractivity contribution is 0.304. The van der Waals surface area contributed by atoms with Crippen LogP contribution in [0.15, 0.2) is 60.7 Å². The zero-order valence-electron chi connectivity index (χ0n) is 27.2. The molecule has 0 N–H and O–H groups in total. The standard InChI is InChI=1S/C38H55BO3/c1-6-11-26-33-34(27-12-7-2)36(29-14-9-4)38(37(30-15-10-5)35(33)28-13-8-3)42-39(40-31-22-18-16-19-23-31)41-32-24-20-17-21-25-32/h16-25H,6-15,26-30H2,1-5H3. The number of hydrogen-bond acceptors (Lipinski definition) is 3. The van der Waals surface area contributed by atoms with E-state index in [1.165, 1.54) is 49.7 Å². The van der Waals surface area contributed by atoms with Crippen molar-refractivity contribution in [3.63, 3.8) is 0 Å². The Labute approximate surface area is 257 Å². The highest BCUT2D eigenvalue weighted by Crippen LogP contribution is 2.40. The first kappa shape index (κ1) is 33.6. The summed E-state index contributed by atoms with van der Waals surface area (Å²) in [6.45, 7) is 11.5. The Hall–Kier alpha value is -2.88. The lowest BCUT2D eigenvalue weighted by Gasteiger charge is -2.28. The molecule has 0 saturated carbocycles. The quantitative estimate of drug-likeness (QED) is 0.119. The van der Waals surface area contributed by atoms with Gasteiger partial charge in [-0.2, -0.15) is 0 Å². The molecule has 0 aliphatic heterocycles. The summed E-state index contributed by atoms with van der Waals surface area (Å²) in [5.74, 6) is 2.51. The van der Waals surface area contributed by atoms with E-state index in [-0.39, 0.29) is 0 Å². The Morgan fingerprint density at radius 2 is 0.714 bits per heavy atom. The molecule has 0 aliphatic rings. The van der Waals surface area contributed by atoms with Crippen molar-refractivity contribution in [2.75, 3.05) is 0 Å². The van der Waals surface area contributed by atoms with Gasteiger partial charge in [0.05, 0.1) is 0 Å². The van der Waals surface area contributed by atoms with E-state index >= 15 is 0 Å². The highest BCUT2D eigenvalue weighted by molar-refractivity contribution is 6.39. The van der Waals surface area contributed by atoms with Crippen molar-refractivity contribution < 1.29 is 14.0 Å². The molecule has 3 nitrogen and oxygen atoms in total. The molecular weight excluding hydrogens is 515 g/mol. The maximum atomic E-state index is 7.04. The molecular formula is C38H55BO3. The van der Waals surface area contributed by atoms with Crippen molar-refractivity contribution in [3.8, 4) is 17.2 Å². The number of para-hydroxylation sites is 2. The topological polar surface area (TPSA) is 27.7 Å². The fraction of sp³-hybridized carbons (Fsp3) is 0.526. The lowest BCUT2D eigenvalue weighted by Crippen LogP contribution is -2.38. The van der Waals surface area contributed by atoms with Crippen LogP contribution < -0.4 is 14.0 Å². The molecule has 3 rings (SSSR count). The largest absolute Gasteiger partial charge is 0.864 e. The normalized spacial score (nSPS) is 11.0. The van der Waals surface area contributed by atoms with E-state index in [9.17, 15) is 0 Å². The fourth-order valence-corrected chi connectivity index (χ4v) is 5.74. The predicted molar refractivity (Wildman–Crippen MR) is 180 cm³/mol. The van der Waals surface area contributed by atoms with E-state index in [2.05, 4.69) is 34.6 Å². The first-order chi connectivity index (χ1) is 20.7. The molecule has 228 valence electrons. The van der Waals surface area contributed by atoms with Crippen molar-refractivity contribution in [1.29, 1.82) is 0 Å². The van der Waals surface area contributed by atoms with E-state index in [1.807, 2.05) is 60.7 Å². The Kier molecular flexibility index (Phi) is 15.5. The van der Waals surface area contributed by atoms with Gasteiger partial charge < -0.3 is 14.0 Å². The summed E-state index contributed by atoms with van der Waals surface area (Å²) < 4.78 is 19.9. The van der Waals surface area contributed by atoms with Gasteiger partial charge in [0.1, 0.15) is 17.2 Å². The van der Waals surface area contributed by atoms with E-state index in [1.54, 1.807) is 16.7 Å². The second-order valence-electron chi connectivity index (χ2n) is 11.5. The summed E-state index contributed by atoms with van der Waals surface area (Å²) in [5, 5.41) is 0. The fourth-order valence-electron chi connectivity index (χ4n) is 5.74. The summed E-state index contributed by atoms with van der Waals surface area (Å²) in [4.78, 5) is 0. The van der Waals surface area contributed by atoms with Crippen LogP contribution in [0.5, 0.6) is 17.2 Å². The van der Waals surface area contributed by atoms with Crippen LogP contribution in [0.4, 0.5) is 0 Å². The molecule has 0 heterocycles. The molecule has 0 fully saturated rings. The van der Waals surface area contributed by atoms with Gasteiger partial charge in [-0.25, -0.2) is 0 Å². The van der Waals surface area contributed by atoms with E-state index in [0.29, 0.717) is 0 Å². The maximum absolute atomic E-state index is 7.04. The monoisotopic (exact) mass is 570 g/mol. The van der Waals surface area contributed by atoms with Crippen LogP contribution >= 0.6 is 0 Å². The predicted octanol–water partition coefficient (Wildman–Crippen LogP) is 10.9. The third-order valence-corrected chi connectivity index (χ3v) is 8.07. The zero-order valence-corrected chi connectivity index (χ0v) is 27.2. The molecule has 0 aromatic heterocycles. The van der Waals surface area contributed by atoms with Crippen LogP contribution in [-0.4, -0.2) is 7.32 Å². The highest BCUT2D eigenvalue weighted by Gasteiger charge is 2.34. The molecule has 0 aliphatic carbocycles. The first-order valence-corrected chi connectivity index (χ1v) is 16.9. The Balaban J connectivity index is 2.24. The van der Waals surface area contributed by atoms with Crippen LogP contribution in [0, 0.1) is 0 Å². The van der Waals surface area contributed by atoms with Crippen LogP contribution in [0.1, 0.15) is 127 Å². The molecule has 0 radical (unpaired) electrons. The molecule has 0 bridgehead atoms. The molecule has 0 saturated heterocycles. The van der Waals surface area contributed by atoms with Crippen LogP contribution in [0.3, 0.4) is 0 Å². The van der Waals surface area contributed by atoms with E-state index in [0.717, 1.165) is 75.0 Å². The maximum Gasteiger partial charge on any atom is 0.864 e. The van der Waals surface area contributed by atoms with Crippen LogP contribution in [0.2, 0.25) is 0 Å². The number of unbranched alkanes of at least 4 members (excludes halogenated alkanes) is 5. The van der Waals surface area contributed by atoms with Gasteiger partial charge in [-0.1, -0.05) is 103 Å². The van der Waals surface area contributed by atoms with Gasteiger partial charge in [0.15, 0.2) is 0 Å². The summed E-state index contributed by atoms with van der Waals surface area (Å²) in [6.07, 6.45) is 17.3. The first-order valence-electron chi connectivity index (χ1n) is 16.9. The zero-order chi connectivity index (χ0) is 30.0. The summed E-state index contributed by atoms with van der Waals surface area (Å²) in [6, 6.07) is 19.8. The van der Waals surface area contributed by atoms with Crippen molar-refractivity contribution in [1.82, 2.24) is 0 Å². The third kappa shape index (κ3) is 10.1. The summed E-state index contributed by atoms with van der Waals surface area (Å²) in [7, 11) is -0.893. The van der Waals surface area contributed by atoms with Crippen molar-refractivity contribution in [2.24, 2.45) is 0 Å². The van der Waals surface area contributed by atoms with Crippen molar-refractivity contribution in [2.45, 2.75) is 131 Å². The Morgan fingerprint density at radius 1 is 0.405 bits per heavy atom. The number of hydrogen-bond donors (Lipinski definition) is 0. The smallest absolute Gasteiger partial charge is 0.490 e. The summed E-state index contributed by atoms with van der Waals surface area (Å²) >= 11 is 0. The molecule has 0 atom stereocenters. The van der Waals surface area contributed by atoms with Gasteiger partial charge in [-0.15, -0.1) is 0 Å². The van der Waals surface area contributed by atoms with Gasteiger partial charge in [-0.3, -0.25) is 0 Å². The molecule has 4 heteroatoms. The van der Waals surface area contributed by atoms with Gasteiger partial charge in [0.25, 0.3) is 0 Å². The molecule has 0 unspecified atom stereocenters. The average molecular weight is 571 g/mol. The highest BCUT2D eigenvalue weighted by atomic mass is 16.7. The summed E-state index contributed by atoms with van der Waals surface area (Å²) in [5.41, 5.74) is 7.55. The number of rotatable bonds is 21. The minimum atomic E-state index is -0.893. The second-order valence-corrected chi connectivity index (χ2v) is 11.5. The molecule has 0 spiro atoms. The second kappa shape index (κ2) is 19.3. The minimum absolute atomic E-state index is 0.737. The molecule has 42 heavy (non-hydrogen) atoms. The van der Waals surface area contributed by atoms with Crippen molar-refractivity contribution in [3.05, 3.63) is 88.5 Å². The van der Waals surface area contributed by atoms with E-state index in [4.69, 9.17) is 14.0 Å². The van der Waals surface area contributed by atoms with Gasteiger partial charge in [0.2, 0.25) is 0 Å². The van der Waals surface area contributed by atoms with Gasteiger partial charge >= 0.3 is 7.32 Å². The molecule has 0 amide bonds. The molecule has 3 aromatic carbocycles. The Bertz CT molecular complexity index is 1060. The Morgan fingerprint density at radius 3 is 1.05 bits per heavy atom. The van der Waals surface area contributed by atoms with Gasteiger partial charge in [0, 0.05) is 0 Å². The third-order valence-electron chi connectivity index (χ3n) is 8.07. The van der Waals surface area contributed by atoms with Crippen molar-refractivity contribution >= 4 is 7.32 Å². The van der Waals surface area contributed by atoms with Crippen LogP contribution in [0.25, 0.3) is 0 Å². The molecule has 3 aromatic rings. The number of benzene rings is 3. The van der Waals surface area contributed by atoms with E-state index < -0.39 is 7.32 Å². The average Bonchev–Trinajstić information content (AvgIpc) is 3.02.